The van der Waals surface area contributed by atoms with E-state index in [2.05, 4.69) is 27.7 Å². The number of imide groups is 1. The fourth-order valence-corrected chi connectivity index (χ4v) is 4.06. The highest BCUT2D eigenvalue weighted by Gasteiger charge is 2.37. The molecule has 1 N–H and O–H groups in total. The fourth-order valence-electron chi connectivity index (χ4n) is 4.06. The lowest BCUT2D eigenvalue weighted by atomic mass is 9.82. The van der Waals surface area contributed by atoms with E-state index in [4.69, 9.17) is 9.84 Å². The number of unbranched alkanes of at least 4 members (excludes halogenated alkanes) is 3. The number of likely N-dealkylation sites (N-methyl/N-ethyl adjacent to an activating group) is 1. The summed E-state index contributed by atoms with van der Waals surface area (Å²) in [6.07, 6.45) is 9.71. The van der Waals surface area contributed by atoms with Gasteiger partial charge in [-0.15, -0.1) is 0 Å². The third kappa shape index (κ3) is 10.3. The Balaban J connectivity index is 2.09. The van der Waals surface area contributed by atoms with Gasteiger partial charge < -0.3 is 14.7 Å². The van der Waals surface area contributed by atoms with Crippen LogP contribution in [0.2, 0.25) is 0 Å². The molecular formula is C24H46N2O4. The van der Waals surface area contributed by atoms with Crippen molar-refractivity contribution in [2.75, 3.05) is 39.5 Å². The maximum Gasteiger partial charge on any atom is 0.327 e. The van der Waals surface area contributed by atoms with Gasteiger partial charge in [0.05, 0.1) is 0 Å². The molecule has 0 radical (unpaired) electrons. The molecule has 1 heterocycles. The maximum absolute atomic E-state index is 12.3. The van der Waals surface area contributed by atoms with Crippen LogP contribution in [0.1, 0.15) is 92.4 Å². The molecule has 1 rings (SSSR count). The minimum Gasteiger partial charge on any atom is -0.396 e. The van der Waals surface area contributed by atoms with Crippen molar-refractivity contribution < 1.29 is 19.4 Å². The maximum atomic E-state index is 12.3. The van der Waals surface area contributed by atoms with Gasteiger partial charge in [0.1, 0.15) is 6.54 Å². The Morgan fingerprint density at radius 3 is 1.90 bits per heavy atom. The first-order valence-corrected chi connectivity index (χ1v) is 11.9. The molecule has 1 fully saturated rings. The number of aliphatic hydroxyl groups excluding tert-OH is 1. The zero-order valence-electron chi connectivity index (χ0n) is 20.2. The van der Waals surface area contributed by atoms with Crippen LogP contribution in [0, 0.1) is 10.8 Å². The van der Waals surface area contributed by atoms with Gasteiger partial charge in [0.2, 0.25) is 5.91 Å². The molecule has 6 heteroatoms. The molecule has 176 valence electrons. The van der Waals surface area contributed by atoms with Crippen molar-refractivity contribution in [1.29, 1.82) is 0 Å². The second kappa shape index (κ2) is 13.3. The summed E-state index contributed by atoms with van der Waals surface area (Å²) < 4.78 is 5.80. The number of amides is 3. The predicted octanol–water partition coefficient (Wildman–Crippen LogP) is 4.84. The predicted molar refractivity (Wildman–Crippen MR) is 121 cm³/mol. The second-order valence-electron chi connectivity index (χ2n) is 10.3. The van der Waals surface area contributed by atoms with E-state index >= 15 is 0 Å². The standard InChI is InChI=1S/C24H46N2O4/c1-6-25-19-21(28)26(22(25)29)20-24(4,5)15-9-12-18-30-17-11-8-14-23(2,3)13-7-10-16-27/h27H,6-20H2,1-5H3. The van der Waals surface area contributed by atoms with Crippen molar-refractivity contribution >= 4 is 11.9 Å². The van der Waals surface area contributed by atoms with Crippen molar-refractivity contribution in [3.05, 3.63) is 0 Å². The van der Waals surface area contributed by atoms with Crippen LogP contribution in [-0.2, 0) is 9.53 Å². The summed E-state index contributed by atoms with van der Waals surface area (Å²) >= 11 is 0. The van der Waals surface area contributed by atoms with Crippen LogP contribution < -0.4 is 0 Å². The van der Waals surface area contributed by atoms with Crippen LogP contribution >= 0.6 is 0 Å². The third-order valence-corrected chi connectivity index (χ3v) is 6.14. The molecule has 1 saturated heterocycles. The van der Waals surface area contributed by atoms with Gasteiger partial charge in [-0.2, -0.15) is 0 Å². The number of aliphatic hydroxyl groups is 1. The molecule has 0 atom stereocenters. The zero-order valence-corrected chi connectivity index (χ0v) is 20.2. The smallest absolute Gasteiger partial charge is 0.327 e. The van der Waals surface area contributed by atoms with Crippen molar-refractivity contribution in [1.82, 2.24) is 9.80 Å². The molecule has 0 unspecified atom stereocenters. The summed E-state index contributed by atoms with van der Waals surface area (Å²) in [4.78, 5) is 27.4. The van der Waals surface area contributed by atoms with Crippen molar-refractivity contribution in [2.45, 2.75) is 92.4 Å². The molecule has 1 aliphatic heterocycles. The summed E-state index contributed by atoms with van der Waals surface area (Å²) in [6.45, 7) is 14.0. The van der Waals surface area contributed by atoms with Crippen LogP contribution in [0.15, 0.2) is 0 Å². The normalized spacial score (nSPS) is 15.5. The van der Waals surface area contributed by atoms with Crippen LogP contribution in [0.4, 0.5) is 4.79 Å². The van der Waals surface area contributed by atoms with Gasteiger partial charge in [-0.05, 0) is 56.3 Å². The topological polar surface area (TPSA) is 70.1 Å². The van der Waals surface area contributed by atoms with Crippen LogP contribution in [-0.4, -0.2) is 66.3 Å². The average molecular weight is 427 g/mol. The van der Waals surface area contributed by atoms with Crippen LogP contribution in [0.3, 0.4) is 0 Å². The number of rotatable bonds is 17. The minimum absolute atomic E-state index is 0.0727. The molecular weight excluding hydrogens is 380 g/mol. The Labute approximate surface area is 184 Å². The molecule has 0 aliphatic carbocycles. The van der Waals surface area contributed by atoms with Gasteiger partial charge in [0.25, 0.3) is 0 Å². The highest BCUT2D eigenvalue weighted by Crippen LogP contribution is 2.29. The molecule has 1 aliphatic rings. The lowest BCUT2D eigenvalue weighted by molar-refractivity contribution is -0.126. The summed E-state index contributed by atoms with van der Waals surface area (Å²) in [5.74, 6) is -0.0742. The lowest BCUT2D eigenvalue weighted by Crippen LogP contribution is -2.39. The van der Waals surface area contributed by atoms with Gasteiger partial charge in [-0.1, -0.05) is 47.0 Å². The molecule has 3 amide bonds. The van der Waals surface area contributed by atoms with E-state index in [1.165, 1.54) is 24.2 Å². The monoisotopic (exact) mass is 426 g/mol. The molecule has 0 saturated carbocycles. The molecule has 6 nitrogen and oxygen atoms in total. The number of hydrogen-bond acceptors (Lipinski definition) is 4. The first kappa shape index (κ1) is 26.9. The van der Waals surface area contributed by atoms with E-state index in [0.717, 1.165) is 51.7 Å². The quantitative estimate of drug-likeness (QED) is 0.267. The number of urea groups is 1. The second-order valence-corrected chi connectivity index (χ2v) is 10.3. The number of hydrogen-bond donors (Lipinski definition) is 1. The molecule has 0 bridgehead atoms. The highest BCUT2D eigenvalue weighted by molar-refractivity contribution is 6.02. The number of carbonyl (C=O) groups excluding carboxylic acids is 2. The van der Waals surface area contributed by atoms with E-state index in [0.29, 0.717) is 25.1 Å². The minimum atomic E-state index is -0.143. The fraction of sp³-hybridized carbons (Fsp3) is 0.917. The van der Waals surface area contributed by atoms with Crippen molar-refractivity contribution in [2.24, 2.45) is 10.8 Å². The van der Waals surface area contributed by atoms with E-state index < -0.39 is 0 Å². The Morgan fingerprint density at radius 1 is 0.867 bits per heavy atom. The number of ether oxygens (including phenoxy) is 1. The lowest BCUT2D eigenvalue weighted by Gasteiger charge is -2.29. The van der Waals surface area contributed by atoms with E-state index in [9.17, 15) is 9.59 Å². The van der Waals surface area contributed by atoms with E-state index in [1.54, 1.807) is 4.90 Å². The van der Waals surface area contributed by atoms with E-state index in [-0.39, 0.29) is 23.9 Å². The van der Waals surface area contributed by atoms with Gasteiger partial charge in [0.15, 0.2) is 0 Å². The van der Waals surface area contributed by atoms with Gasteiger partial charge in [-0.25, -0.2) is 4.79 Å². The summed E-state index contributed by atoms with van der Waals surface area (Å²) in [6, 6.07) is -0.143. The van der Waals surface area contributed by atoms with Gasteiger partial charge >= 0.3 is 6.03 Å². The van der Waals surface area contributed by atoms with Crippen LogP contribution in [0.5, 0.6) is 0 Å². The summed E-state index contributed by atoms with van der Waals surface area (Å²) in [5.41, 5.74) is 0.281. The zero-order chi connectivity index (χ0) is 22.6. The first-order valence-electron chi connectivity index (χ1n) is 11.9. The number of carbonyl (C=O) groups is 2. The Kier molecular flexibility index (Phi) is 11.9. The summed E-state index contributed by atoms with van der Waals surface area (Å²) in [5, 5.41) is 8.90. The molecule has 0 spiro atoms. The Bertz CT molecular complexity index is 519. The largest absolute Gasteiger partial charge is 0.396 e. The summed E-state index contributed by atoms with van der Waals surface area (Å²) in [7, 11) is 0. The number of nitrogens with zero attached hydrogens (tertiary/aromatic N) is 2. The average Bonchev–Trinajstić information content (AvgIpc) is 2.93. The molecule has 0 aromatic carbocycles. The third-order valence-electron chi connectivity index (χ3n) is 6.14. The van der Waals surface area contributed by atoms with Gasteiger partial charge in [0, 0.05) is 32.9 Å². The van der Waals surface area contributed by atoms with E-state index in [1.807, 2.05) is 6.92 Å². The highest BCUT2D eigenvalue weighted by atomic mass is 16.5. The van der Waals surface area contributed by atoms with Crippen molar-refractivity contribution in [3.8, 4) is 0 Å². The van der Waals surface area contributed by atoms with Gasteiger partial charge in [-0.3, -0.25) is 9.69 Å². The molecule has 30 heavy (non-hydrogen) atoms. The van der Waals surface area contributed by atoms with Crippen LogP contribution in [0.25, 0.3) is 0 Å². The Morgan fingerprint density at radius 2 is 1.40 bits per heavy atom. The molecule has 0 aromatic heterocycles. The molecule has 0 aromatic rings. The Hall–Kier alpha value is -1.14. The first-order chi connectivity index (χ1) is 14.1. The SMILES string of the molecule is CCN1CC(=O)N(CC(C)(C)CCCCOCCCCC(C)(C)CCCCO)C1=O. The van der Waals surface area contributed by atoms with Crippen molar-refractivity contribution in [3.63, 3.8) is 0 Å².